The normalized spacial score (nSPS) is 14.2. The molecular weight excluding hydrogens is 437 g/mol. The standard InChI is InChI=1S/C26H22FN3O2S/c1-17(24(31)29-15-14-18-6-2-3-7-19(18)16-29)33-26-28-23-9-5-4-8-22(23)25(32)30(26)21-12-10-20(27)11-13-21/h2-13,17H,14-16H2,1H3. The van der Waals surface area contributed by atoms with E-state index >= 15 is 0 Å². The molecule has 5 nitrogen and oxygen atoms in total. The zero-order valence-corrected chi connectivity index (χ0v) is 18.9. The van der Waals surface area contributed by atoms with Gasteiger partial charge in [-0.05, 0) is 60.9 Å². The maximum atomic E-state index is 13.5. The first-order chi connectivity index (χ1) is 16.0. The van der Waals surface area contributed by atoms with Crippen molar-refractivity contribution in [3.8, 4) is 5.69 Å². The van der Waals surface area contributed by atoms with Crippen LogP contribution in [0.2, 0.25) is 0 Å². The lowest BCUT2D eigenvalue weighted by atomic mass is 10.00. The molecule has 1 aliphatic heterocycles. The summed E-state index contributed by atoms with van der Waals surface area (Å²) in [7, 11) is 0. The van der Waals surface area contributed by atoms with Gasteiger partial charge < -0.3 is 4.90 Å². The molecule has 4 aromatic rings. The summed E-state index contributed by atoms with van der Waals surface area (Å²) >= 11 is 1.25. The summed E-state index contributed by atoms with van der Waals surface area (Å²) in [5.41, 5.74) is 3.27. The Morgan fingerprint density at radius 3 is 2.48 bits per heavy atom. The SMILES string of the molecule is CC(Sc1nc2ccccc2c(=O)n1-c1ccc(F)cc1)C(=O)N1CCc2ccccc2C1. The van der Waals surface area contributed by atoms with Gasteiger partial charge in [0.05, 0.1) is 21.8 Å². The molecule has 166 valence electrons. The molecule has 3 aromatic carbocycles. The Hall–Kier alpha value is -3.45. The highest BCUT2D eigenvalue weighted by Gasteiger charge is 2.27. The molecule has 33 heavy (non-hydrogen) atoms. The fraction of sp³-hybridized carbons (Fsp3) is 0.192. The fourth-order valence-electron chi connectivity index (χ4n) is 4.16. The Labute approximate surface area is 194 Å². The van der Waals surface area contributed by atoms with Crippen LogP contribution in [-0.2, 0) is 17.8 Å². The molecule has 1 atom stereocenters. The highest BCUT2D eigenvalue weighted by Crippen LogP contribution is 2.28. The number of thioether (sulfide) groups is 1. The molecule has 5 rings (SSSR count). The Kier molecular flexibility index (Phi) is 5.72. The van der Waals surface area contributed by atoms with E-state index < -0.39 is 5.25 Å². The van der Waals surface area contributed by atoms with Crippen molar-refractivity contribution in [1.29, 1.82) is 0 Å². The fourth-order valence-corrected chi connectivity index (χ4v) is 5.17. The lowest BCUT2D eigenvalue weighted by molar-refractivity contribution is -0.131. The Balaban J connectivity index is 1.49. The van der Waals surface area contributed by atoms with Crippen molar-refractivity contribution >= 4 is 28.6 Å². The van der Waals surface area contributed by atoms with E-state index in [2.05, 4.69) is 12.1 Å². The minimum absolute atomic E-state index is 0.00238. The number of para-hydroxylation sites is 1. The van der Waals surface area contributed by atoms with Gasteiger partial charge in [-0.1, -0.05) is 48.2 Å². The highest BCUT2D eigenvalue weighted by atomic mass is 32.2. The number of nitrogens with zero attached hydrogens (tertiary/aromatic N) is 3. The van der Waals surface area contributed by atoms with Crippen LogP contribution >= 0.6 is 11.8 Å². The van der Waals surface area contributed by atoms with Crippen LogP contribution in [0.4, 0.5) is 4.39 Å². The van der Waals surface area contributed by atoms with E-state index in [9.17, 15) is 14.0 Å². The zero-order chi connectivity index (χ0) is 22.9. The molecule has 1 aliphatic rings. The molecule has 7 heteroatoms. The van der Waals surface area contributed by atoms with Crippen LogP contribution in [0, 0.1) is 5.82 Å². The van der Waals surface area contributed by atoms with E-state index in [0.29, 0.717) is 34.8 Å². The largest absolute Gasteiger partial charge is 0.337 e. The number of aromatic nitrogens is 2. The van der Waals surface area contributed by atoms with E-state index in [-0.39, 0.29) is 17.3 Å². The first kappa shape index (κ1) is 21.4. The first-order valence-electron chi connectivity index (χ1n) is 10.8. The minimum atomic E-state index is -0.449. The number of benzene rings is 3. The molecule has 0 fully saturated rings. The van der Waals surface area contributed by atoms with Gasteiger partial charge in [0.2, 0.25) is 5.91 Å². The summed E-state index contributed by atoms with van der Waals surface area (Å²) in [5.74, 6) is -0.383. The van der Waals surface area contributed by atoms with Crippen LogP contribution < -0.4 is 5.56 Å². The van der Waals surface area contributed by atoms with Crippen molar-refractivity contribution < 1.29 is 9.18 Å². The van der Waals surface area contributed by atoms with Crippen LogP contribution in [0.15, 0.2) is 82.7 Å². The molecule has 0 saturated heterocycles. The van der Waals surface area contributed by atoms with E-state index in [4.69, 9.17) is 4.98 Å². The van der Waals surface area contributed by atoms with Crippen molar-refractivity contribution in [1.82, 2.24) is 14.5 Å². The van der Waals surface area contributed by atoms with E-state index in [0.717, 1.165) is 6.42 Å². The number of rotatable bonds is 4. The molecule has 0 radical (unpaired) electrons. The predicted octanol–water partition coefficient (Wildman–Crippen LogP) is 4.59. The second-order valence-electron chi connectivity index (χ2n) is 8.07. The molecule has 0 aliphatic carbocycles. The third kappa shape index (κ3) is 4.16. The van der Waals surface area contributed by atoms with Crippen molar-refractivity contribution in [2.75, 3.05) is 6.54 Å². The van der Waals surface area contributed by atoms with Gasteiger partial charge in [0, 0.05) is 13.1 Å². The molecule has 1 amide bonds. The molecule has 2 heterocycles. The average molecular weight is 460 g/mol. The summed E-state index contributed by atoms with van der Waals surface area (Å²) in [6.07, 6.45) is 0.827. The second-order valence-corrected chi connectivity index (χ2v) is 9.38. The van der Waals surface area contributed by atoms with Crippen molar-refractivity contribution in [2.45, 2.75) is 30.3 Å². The van der Waals surface area contributed by atoms with Gasteiger partial charge in [-0.3, -0.25) is 14.2 Å². The van der Waals surface area contributed by atoms with Gasteiger partial charge in [-0.15, -0.1) is 0 Å². The van der Waals surface area contributed by atoms with Crippen LogP contribution in [0.1, 0.15) is 18.1 Å². The third-order valence-corrected chi connectivity index (χ3v) is 6.94. The molecule has 1 unspecified atom stereocenters. The van der Waals surface area contributed by atoms with Crippen molar-refractivity contribution in [2.24, 2.45) is 0 Å². The number of carbonyl (C=O) groups excluding carboxylic acids is 1. The Bertz CT molecular complexity index is 1400. The van der Waals surface area contributed by atoms with Gasteiger partial charge >= 0.3 is 0 Å². The van der Waals surface area contributed by atoms with Crippen LogP contribution in [0.5, 0.6) is 0 Å². The van der Waals surface area contributed by atoms with E-state index in [1.54, 1.807) is 30.3 Å². The van der Waals surface area contributed by atoms with Crippen molar-refractivity contribution in [3.63, 3.8) is 0 Å². The number of fused-ring (bicyclic) bond motifs is 2. The summed E-state index contributed by atoms with van der Waals surface area (Å²) < 4.78 is 15.0. The quantitative estimate of drug-likeness (QED) is 0.331. The molecule has 0 saturated carbocycles. The number of halogens is 1. The topological polar surface area (TPSA) is 55.2 Å². The average Bonchev–Trinajstić information content (AvgIpc) is 2.84. The molecule has 0 spiro atoms. The van der Waals surface area contributed by atoms with Gasteiger partial charge in [0.25, 0.3) is 5.56 Å². The number of hydrogen-bond acceptors (Lipinski definition) is 4. The second kappa shape index (κ2) is 8.83. The number of amides is 1. The molecular formula is C26H22FN3O2S. The smallest absolute Gasteiger partial charge is 0.266 e. The predicted molar refractivity (Wildman–Crippen MR) is 128 cm³/mol. The van der Waals surface area contributed by atoms with E-state index in [1.165, 1.54) is 39.6 Å². The summed E-state index contributed by atoms with van der Waals surface area (Å²) in [6, 6.07) is 21.0. The highest BCUT2D eigenvalue weighted by molar-refractivity contribution is 8.00. The number of carbonyl (C=O) groups is 1. The lowest BCUT2D eigenvalue weighted by Gasteiger charge is -2.30. The van der Waals surface area contributed by atoms with Gasteiger partial charge in [-0.25, -0.2) is 9.37 Å². The minimum Gasteiger partial charge on any atom is -0.337 e. The third-order valence-electron chi connectivity index (χ3n) is 5.90. The summed E-state index contributed by atoms with van der Waals surface area (Å²) in [4.78, 5) is 33.2. The summed E-state index contributed by atoms with van der Waals surface area (Å²) in [5, 5.41) is 0.427. The van der Waals surface area contributed by atoms with Crippen LogP contribution in [0.3, 0.4) is 0 Å². The van der Waals surface area contributed by atoms with Crippen LogP contribution in [-0.4, -0.2) is 32.2 Å². The maximum Gasteiger partial charge on any atom is 0.266 e. The first-order valence-corrected chi connectivity index (χ1v) is 11.7. The van der Waals surface area contributed by atoms with Gasteiger partial charge in [0.15, 0.2) is 5.16 Å². The van der Waals surface area contributed by atoms with Crippen molar-refractivity contribution in [3.05, 3.63) is 100 Å². The van der Waals surface area contributed by atoms with E-state index in [1.807, 2.05) is 30.0 Å². The Morgan fingerprint density at radius 1 is 1.00 bits per heavy atom. The number of hydrogen-bond donors (Lipinski definition) is 0. The molecule has 0 N–H and O–H groups in total. The zero-order valence-electron chi connectivity index (χ0n) is 18.1. The lowest BCUT2D eigenvalue weighted by Crippen LogP contribution is -2.40. The van der Waals surface area contributed by atoms with Gasteiger partial charge in [-0.2, -0.15) is 0 Å². The molecule has 0 bridgehead atoms. The maximum absolute atomic E-state index is 13.5. The van der Waals surface area contributed by atoms with Crippen LogP contribution in [0.25, 0.3) is 16.6 Å². The molecule has 1 aromatic heterocycles. The summed E-state index contributed by atoms with van der Waals surface area (Å²) in [6.45, 7) is 3.08. The van der Waals surface area contributed by atoms with Gasteiger partial charge in [0.1, 0.15) is 5.82 Å². The monoisotopic (exact) mass is 459 g/mol. The Morgan fingerprint density at radius 2 is 1.70 bits per heavy atom.